The van der Waals surface area contributed by atoms with E-state index in [1.165, 1.54) is 70.6 Å². The van der Waals surface area contributed by atoms with E-state index in [0.29, 0.717) is 132 Å². The van der Waals surface area contributed by atoms with Gasteiger partial charge < -0.3 is 52.1 Å². The molecule has 0 saturated carbocycles. The standard InChI is InChI=1S/C37H76O11/c1-3-5-7-9-10-11-13-15-17-39-19-21-41-23-25-43-27-29-45-31-33-47-35-37-48-36-34-46-32-30-44-28-26-42-24-22-40-20-18-38-16-14-12-8-6-4-2/h3-37H2,1-2H3. The molecular weight excluding hydrogens is 620 g/mol. The highest BCUT2D eigenvalue weighted by atomic mass is 16.6. The molecule has 0 aromatic heterocycles. The molecule has 290 valence electrons. The zero-order valence-electron chi connectivity index (χ0n) is 31.2. The van der Waals surface area contributed by atoms with Gasteiger partial charge in [0.25, 0.3) is 0 Å². The van der Waals surface area contributed by atoms with Crippen LogP contribution in [0.1, 0.15) is 97.3 Å². The molecular formula is C37H76O11. The quantitative estimate of drug-likeness (QED) is 0.0673. The van der Waals surface area contributed by atoms with Crippen molar-refractivity contribution in [1.29, 1.82) is 0 Å². The van der Waals surface area contributed by atoms with Gasteiger partial charge in [0, 0.05) is 13.2 Å². The van der Waals surface area contributed by atoms with Gasteiger partial charge in [-0.2, -0.15) is 0 Å². The number of unbranched alkanes of at least 4 members (excludes halogenated alkanes) is 11. The van der Waals surface area contributed by atoms with Crippen LogP contribution in [0.3, 0.4) is 0 Å². The third kappa shape index (κ3) is 45.6. The minimum atomic E-state index is 0.528. The first-order chi connectivity index (χ1) is 23.9. The zero-order chi connectivity index (χ0) is 34.5. The van der Waals surface area contributed by atoms with Crippen LogP contribution in [0.5, 0.6) is 0 Å². The van der Waals surface area contributed by atoms with Crippen LogP contribution in [0.2, 0.25) is 0 Å². The minimum Gasteiger partial charge on any atom is -0.379 e. The normalized spacial score (nSPS) is 11.6. The van der Waals surface area contributed by atoms with Crippen molar-refractivity contribution < 1.29 is 52.1 Å². The van der Waals surface area contributed by atoms with E-state index in [0.717, 1.165) is 26.1 Å². The van der Waals surface area contributed by atoms with Gasteiger partial charge in [-0.25, -0.2) is 0 Å². The second-order valence-electron chi connectivity index (χ2n) is 11.6. The molecule has 0 amide bonds. The van der Waals surface area contributed by atoms with E-state index in [9.17, 15) is 0 Å². The van der Waals surface area contributed by atoms with Gasteiger partial charge in [0.05, 0.1) is 132 Å². The van der Waals surface area contributed by atoms with Gasteiger partial charge in [-0.05, 0) is 12.8 Å². The fourth-order valence-electron chi connectivity index (χ4n) is 4.45. The minimum absolute atomic E-state index is 0.528. The topological polar surface area (TPSA) is 102 Å². The summed E-state index contributed by atoms with van der Waals surface area (Å²) in [7, 11) is 0. The molecule has 0 aliphatic rings. The first-order valence-electron chi connectivity index (χ1n) is 19.3. The lowest BCUT2D eigenvalue weighted by Crippen LogP contribution is -2.15. The molecule has 11 nitrogen and oxygen atoms in total. The van der Waals surface area contributed by atoms with Crippen LogP contribution in [-0.2, 0) is 52.1 Å². The van der Waals surface area contributed by atoms with Crippen LogP contribution >= 0.6 is 0 Å². The Morgan fingerprint density at radius 3 is 0.500 bits per heavy atom. The largest absolute Gasteiger partial charge is 0.379 e. The van der Waals surface area contributed by atoms with E-state index in [2.05, 4.69) is 13.8 Å². The number of hydrogen-bond donors (Lipinski definition) is 0. The number of ether oxygens (including phenoxy) is 11. The molecule has 0 radical (unpaired) electrons. The predicted molar refractivity (Wildman–Crippen MR) is 190 cm³/mol. The maximum Gasteiger partial charge on any atom is 0.0701 e. The first-order valence-corrected chi connectivity index (χ1v) is 19.3. The summed E-state index contributed by atoms with van der Waals surface area (Å²) in [4.78, 5) is 0. The lowest BCUT2D eigenvalue weighted by Gasteiger charge is -2.09. The molecule has 0 heterocycles. The zero-order valence-corrected chi connectivity index (χ0v) is 31.2. The highest BCUT2D eigenvalue weighted by Gasteiger charge is 1.97. The Balaban J connectivity index is 3.04. The van der Waals surface area contributed by atoms with Crippen LogP contribution in [0.25, 0.3) is 0 Å². The van der Waals surface area contributed by atoms with Crippen LogP contribution < -0.4 is 0 Å². The van der Waals surface area contributed by atoms with Crippen molar-refractivity contribution in [3.63, 3.8) is 0 Å². The molecule has 0 fully saturated rings. The fraction of sp³-hybridized carbons (Fsp3) is 1.00. The first kappa shape index (κ1) is 47.6. The molecule has 11 heteroatoms. The Hall–Kier alpha value is -0.440. The SMILES string of the molecule is CCCCCCCCCCOCCOCCOCCOCCOCCOCCOCCOCCOCCOCCOCCCCCCC. The summed E-state index contributed by atoms with van der Waals surface area (Å²) in [6, 6.07) is 0. The Morgan fingerprint density at radius 1 is 0.167 bits per heavy atom. The van der Waals surface area contributed by atoms with Crippen molar-refractivity contribution in [2.75, 3.05) is 145 Å². The second kappa shape index (κ2) is 46.6. The van der Waals surface area contributed by atoms with Crippen molar-refractivity contribution in [1.82, 2.24) is 0 Å². The molecule has 0 aromatic carbocycles. The smallest absolute Gasteiger partial charge is 0.0701 e. The highest BCUT2D eigenvalue weighted by molar-refractivity contribution is 4.46. The second-order valence-corrected chi connectivity index (χ2v) is 11.6. The average Bonchev–Trinajstić information content (AvgIpc) is 3.10. The molecule has 0 bridgehead atoms. The van der Waals surface area contributed by atoms with Crippen molar-refractivity contribution >= 4 is 0 Å². The van der Waals surface area contributed by atoms with E-state index >= 15 is 0 Å². The van der Waals surface area contributed by atoms with E-state index < -0.39 is 0 Å². The number of hydrogen-bond acceptors (Lipinski definition) is 11. The Kier molecular flexibility index (Phi) is 46.1. The van der Waals surface area contributed by atoms with E-state index in [1.807, 2.05) is 0 Å². The molecule has 0 rings (SSSR count). The fourth-order valence-corrected chi connectivity index (χ4v) is 4.45. The van der Waals surface area contributed by atoms with Gasteiger partial charge in [-0.3, -0.25) is 0 Å². The van der Waals surface area contributed by atoms with Crippen LogP contribution in [0.4, 0.5) is 0 Å². The number of rotatable bonds is 45. The molecule has 0 N–H and O–H groups in total. The third-order valence-corrected chi connectivity index (χ3v) is 7.25. The predicted octanol–water partition coefficient (Wildman–Crippen LogP) is 6.28. The summed E-state index contributed by atoms with van der Waals surface area (Å²) in [6.45, 7) is 17.4. The molecule has 48 heavy (non-hydrogen) atoms. The Bertz CT molecular complexity index is 499. The lowest BCUT2D eigenvalue weighted by molar-refractivity contribution is -0.0275. The van der Waals surface area contributed by atoms with Crippen LogP contribution in [-0.4, -0.2) is 145 Å². The Labute approximate surface area is 294 Å². The molecule has 0 unspecified atom stereocenters. The van der Waals surface area contributed by atoms with Gasteiger partial charge in [0.2, 0.25) is 0 Å². The van der Waals surface area contributed by atoms with Gasteiger partial charge in [-0.15, -0.1) is 0 Å². The van der Waals surface area contributed by atoms with Gasteiger partial charge in [-0.1, -0.05) is 84.5 Å². The van der Waals surface area contributed by atoms with Gasteiger partial charge in [0.15, 0.2) is 0 Å². The van der Waals surface area contributed by atoms with Gasteiger partial charge in [0.1, 0.15) is 0 Å². The monoisotopic (exact) mass is 697 g/mol. The Morgan fingerprint density at radius 2 is 0.312 bits per heavy atom. The highest BCUT2D eigenvalue weighted by Crippen LogP contribution is 2.08. The summed E-state index contributed by atoms with van der Waals surface area (Å²) < 4.78 is 60.8. The average molecular weight is 697 g/mol. The van der Waals surface area contributed by atoms with Crippen molar-refractivity contribution in [3.05, 3.63) is 0 Å². The van der Waals surface area contributed by atoms with Gasteiger partial charge >= 0.3 is 0 Å². The van der Waals surface area contributed by atoms with Crippen molar-refractivity contribution in [2.24, 2.45) is 0 Å². The molecule has 0 aromatic rings. The third-order valence-electron chi connectivity index (χ3n) is 7.25. The van der Waals surface area contributed by atoms with Crippen LogP contribution in [0, 0.1) is 0 Å². The summed E-state index contributed by atoms with van der Waals surface area (Å²) in [5.74, 6) is 0. The molecule has 0 aliphatic heterocycles. The summed E-state index contributed by atoms with van der Waals surface area (Å²) in [5.41, 5.74) is 0. The van der Waals surface area contributed by atoms with E-state index in [1.54, 1.807) is 0 Å². The molecule has 0 atom stereocenters. The molecule has 0 aliphatic carbocycles. The van der Waals surface area contributed by atoms with Crippen LogP contribution in [0.15, 0.2) is 0 Å². The van der Waals surface area contributed by atoms with E-state index in [-0.39, 0.29) is 0 Å². The lowest BCUT2D eigenvalue weighted by atomic mass is 10.1. The molecule has 0 saturated heterocycles. The summed E-state index contributed by atoms with van der Waals surface area (Å²) >= 11 is 0. The van der Waals surface area contributed by atoms with Crippen molar-refractivity contribution in [2.45, 2.75) is 97.3 Å². The van der Waals surface area contributed by atoms with Crippen molar-refractivity contribution in [3.8, 4) is 0 Å². The van der Waals surface area contributed by atoms with E-state index in [4.69, 9.17) is 52.1 Å². The summed E-state index contributed by atoms with van der Waals surface area (Å²) in [6.07, 6.45) is 16.8. The maximum atomic E-state index is 5.63. The summed E-state index contributed by atoms with van der Waals surface area (Å²) in [5, 5.41) is 0. The molecule has 0 spiro atoms. The maximum absolute atomic E-state index is 5.63.